The van der Waals surface area contributed by atoms with Gasteiger partial charge in [-0.1, -0.05) is 61.2 Å². The van der Waals surface area contributed by atoms with Gasteiger partial charge in [0.25, 0.3) is 0 Å². The summed E-state index contributed by atoms with van der Waals surface area (Å²) in [6.07, 6.45) is 1.58. The molecule has 0 bridgehead atoms. The molecular weight excluding hydrogens is 285 g/mol. The standard InChI is InChI=1S/C19H13F3/c1-13-3-2-4-18(13)16-7-5-14(6-8-16)15-9-11-17(12-10-15)19(20,21)22/h2-12H,1H2. The first kappa shape index (κ1) is 14.4. The fraction of sp³-hybridized carbons (Fsp3) is 0.0526. The quantitative estimate of drug-likeness (QED) is 0.649. The van der Waals surface area contributed by atoms with E-state index in [9.17, 15) is 13.2 Å². The Morgan fingerprint density at radius 3 is 1.68 bits per heavy atom. The third-order valence-corrected chi connectivity index (χ3v) is 3.65. The number of rotatable bonds is 2. The molecule has 22 heavy (non-hydrogen) atoms. The molecule has 0 unspecified atom stereocenters. The van der Waals surface area contributed by atoms with Gasteiger partial charge in [-0.2, -0.15) is 13.2 Å². The molecule has 0 radical (unpaired) electrons. The van der Waals surface area contributed by atoms with Crippen molar-refractivity contribution in [3.63, 3.8) is 0 Å². The Morgan fingerprint density at radius 2 is 1.23 bits per heavy atom. The number of hydrogen-bond donors (Lipinski definition) is 0. The highest BCUT2D eigenvalue weighted by atomic mass is 19.4. The number of halogens is 3. The van der Waals surface area contributed by atoms with Crippen molar-refractivity contribution in [3.05, 3.63) is 90.0 Å². The zero-order chi connectivity index (χ0) is 15.7. The van der Waals surface area contributed by atoms with Crippen LogP contribution in [0.25, 0.3) is 16.7 Å². The highest BCUT2D eigenvalue weighted by molar-refractivity contribution is 5.85. The molecule has 0 saturated carbocycles. The molecule has 1 aliphatic rings. The Morgan fingerprint density at radius 1 is 0.727 bits per heavy atom. The number of hydrogen-bond acceptors (Lipinski definition) is 0. The molecule has 0 spiro atoms. The molecule has 0 amide bonds. The summed E-state index contributed by atoms with van der Waals surface area (Å²) in [5, 5.41) is 0. The molecule has 0 fully saturated rings. The van der Waals surface area contributed by atoms with Crippen LogP contribution in [0, 0.1) is 0 Å². The van der Waals surface area contributed by atoms with Gasteiger partial charge in [0, 0.05) is 0 Å². The molecule has 0 aromatic heterocycles. The number of allylic oxidation sites excluding steroid dienone is 5. The molecule has 0 atom stereocenters. The van der Waals surface area contributed by atoms with Crippen molar-refractivity contribution < 1.29 is 13.2 Å². The highest BCUT2D eigenvalue weighted by Gasteiger charge is 2.29. The minimum Gasteiger partial charge on any atom is -0.166 e. The highest BCUT2D eigenvalue weighted by Crippen LogP contribution is 2.32. The van der Waals surface area contributed by atoms with E-state index in [1.165, 1.54) is 12.1 Å². The third-order valence-electron chi connectivity index (χ3n) is 3.65. The Bertz CT molecular complexity index is 758. The van der Waals surface area contributed by atoms with Gasteiger partial charge < -0.3 is 0 Å². The zero-order valence-electron chi connectivity index (χ0n) is 11.7. The molecule has 0 saturated heterocycles. The smallest absolute Gasteiger partial charge is 0.166 e. The molecule has 0 heterocycles. The normalized spacial score (nSPS) is 14.3. The topological polar surface area (TPSA) is 0 Å². The second-order valence-electron chi connectivity index (χ2n) is 5.12. The van der Waals surface area contributed by atoms with E-state index in [1.807, 2.05) is 42.5 Å². The van der Waals surface area contributed by atoms with Gasteiger partial charge in [-0.3, -0.25) is 0 Å². The third kappa shape index (κ3) is 2.75. The van der Waals surface area contributed by atoms with E-state index in [1.54, 1.807) is 0 Å². The van der Waals surface area contributed by atoms with Crippen LogP contribution >= 0.6 is 0 Å². The van der Waals surface area contributed by atoms with E-state index < -0.39 is 11.7 Å². The van der Waals surface area contributed by atoms with Crippen molar-refractivity contribution in [1.29, 1.82) is 0 Å². The second kappa shape index (κ2) is 5.34. The van der Waals surface area contributed by atoms with E-state index in [0.29, 0.717) is 0 Å². The van der Waals surface area contributed by atoms with Crippen LogP contribution in [0.2, 0.25) is 0 Å². The van der Waals surface area contributed by atoms with Gasteiger partial charge in [0.2, 0.25) is 0 Å². The second-order valence-corrected chi connectivity index (χ2v) is 5.12. The Kier molecular flexibility index (Phi) is 3.49. The van der Waals surface area contributed by atoms with Gasteiger partial charge >= 0.3 is 6.18 Å². The average molecular weight is 298 g/mol. The summed E-state index contributed by atoms with van der Waals surface area (Å²) in [4.78, 5) is 0. The lowest BCUT2D eigenvalue weighted by Gasteiger charge is -2.09. The van der Waals surface area contributed by atoms with Crippen molar-refractivity contribution in [2.45, 2.75) is 6.18 Å². The molecule has 110 valence electrons. The number of alkyl halides is 3. The van der Waals surface area contributed by atoms with Crippen LogP contribution in [0.15, 0.2) is 78.9 Å². The molecule has 3 rings (SSSR count). The molecule has 2 aromatic carbocycles. The van der Waals surface area contributed by atoms with E-state index in [-0.39, 0.29) is 0 Å². The fourth-order valence-electron chi connectivity index (χ4n) is 2.43. The first-order chi connectivity index (χ1) is 10.4. The van der Waals surface area contributed by atoms with E-state index in [0.717, 1.165) is 40.0 Å². The Hall–Kier alpha value is -2.55. The lowest BCUT2D eigenvalue weighted by atomic mass is 9.98. The summed E-state index contributed by atoms with van der Waals surface area (Å²) in [7, 11) is 0. The van der Waals surface area contributed by atoms with Gasteiger partial charge in [0.15, 0.2) is 0 Å². The van der Waals surface area contributed by atoms with Crippen molar-refractivity contribution in [2.75, 3.05) is 0 Å². The first-order valence-corrected chi connectivity index (χ1v) is 6.81. The summed E-state index contributed by atoms with van der Waals surface area (Å²) in [6, 6.07) is 12.9. The van der Waals surface area contributed by atoms with Crippen LogP contribution in [0.4, 0.5) is 13.2 Å². The van der Waals surface area contributed by atoms with Gasteiger partial charge in [-0.05, 0) is 40.0 Å². The minimum absolute atomic E-state index is 0.633. The maximum Gasteiger partial charge on any atom is 0.416 e. The van der Waals surface area contributed by atoms with Crippen LogP contribution < -0.4 is 0 Å². The minimum atomic E-state index is -4.30. The Balaban J connectivity index is 1.86. The van der Waals surface area contributed by atoms with Gasteiger partial charge in [0.05, 0.1) is 5.56 Å². The van der Waals surface area contributed by atoms with Crippen LogP contribution in [-0.2, 0) is 6.18 Å². The summed E-state index contributed by atoms with van der Waals surface area (Å²) in [5.41, 5.74) is 4.09. The van der Waals surface area contributed by atoms with E-state index >= 15 is 0 Å². The maximum atomic E-state index is 12.6. The molecule has 0 N–H and O–H groups in total. The SMILES string of the molecule is C=C1C=CC=C1c1ccc(-c2ccc(C(F)(F)F)cc2)cc1. The lowest BCUT2D eigenvalue weighted by molar-refractivity contribution is -0.137. The van der Waals surface area contributed by atoms with E-state index in [2.05, 4.69) is 6.58 Å². The molecule has 3 heteroatoms. The molecule has 0 aliphatic heterocycles. The Labute approximate surface area is 126 Å². The van der Waals surface area contributed by atoms with E-state index in [4.69, 9.17) is 0 Å². The average Bonchev–Trinajstić information content (AvgIpc) is 2.93. The lowest BCUT2D eigenvalue weighted by Crippen LogP contribution is -2.03. The maximum absolute atomic E-state index is 12.6. The zero-order valence-corrected chi connectivity index (χ0v) is 11.7. The molecule has 0 nitrogen and oxygen atoms in total. The summed E-state index contributed by atoms with van der Waals surface area (Å²) in [6.45, 7) is 3.96. The summed E-state index contributed by atoms with van der Waals surface area (Å²) < 4.78 is 37.7. The van der Waals surface area contributed by atoms with Crippen molar-refractivity contribution in [1.82, 2.24) is 0 Å². The van der Waals surface area contributed by atoms with Crippen molar-refractivity contribution >= 4 is 5.57 Å². The summed E-state index contributed by atoms with van der Waals surface area (Å²) in [5.74, 6) is 0. The van der Waals surface area contributed by atoms with Crippen molar-refractivity contribution in [2.24, 2.45) is 0 Å². The van der Waals surface area contributed by atoms with Gasteiger partial charge in [0.1, 0.15) is 0 Å². The molecule has 1 aliphatic carbocycles. The van der Waals surface area contributed by atoms with Crippen LogP contribution in [0.5, 0.6) is 0 Å². The first-order valence-electron chi connectivity index (χ1n) is 6.81. The fourth-order valence-corrected chi connectivity index (χ4v) is 2.43. The summed E-state index contributed by atoms with van der Waals surface area (Å²) >= 11 is 0. The van der Waals surface area contributed by atoms with Gasteiger partial charge in [-0.15, -0.1) is 0 Å². The predicted molar refractivity (Wildman–Crippen MR) is 83.1 cm³/mol. The largest absolute Gasteiger partial charge is 0.416 e. The van der Waals surface area contributed by atoms with Crippen LogP contribution in [-0.4, -0.2) is 0 Å². The van der Waals surface area contributed by atoms with Crippen LogP contribution in [0.1, 0.15) is 11.1 Å². The predicted octanol–water partition coefficient (Wildman–Crippen LogP) is 5.88. The van der Waals surface area contributed by atoms with Crippen molar-refractivity contribution in [3.8, 4) is 11.1 Å². The van der Waals surface area contributed by atoms with Gasteiger partial charge in [-0.25, -0.2) is 0 Å². The van der Waals surface area contributed by atoms with Crippen LogP contribution in [0.3, 0.4) is 0 Å². The molecular formula is C19H13F3. The molecule has 2 aromatic rings. The monoisotopic (exact) mass is 298 g/mol. The number of benzene rings is 2.